The molecule has 2 N–H and O–H groups in total. The maximum atomic E-state index is 14.6. The van der Waals surface area contributed by atoms with Gasteiger partial charge in [-0.25, -0.2) is 22.0 Å². The highest BCUT2D eigenvalue weighted by atomic mass is 35.5. The molecular formula is C52H90Cl2N2O4S2. The van der Waals surface area contributed by atoms with Gasteiger partial charge >= 0.3 is 0 Å². The Labute approximate surface area is 392 Å². The molecule has 0 aliphatic rings. The number of unbranched alkanes of at least 4 members (excludes halogenated alkanes) is 34. The third kappa shape index (κ3) is 26.1. The van der Waals surface area contributed by atoms with Crippen LogP contribution in [0.15, 0.2) is 46.2 Å². The number of rotatable bonds is 42. The monoisotopic (exact) mass is 941 g/mol. The molecule has 0 aliphatic heterocycles. The predicted molar refractivity (Wildman–Crippen MR) is 270 cm³/mol. The second-order valence-electron chi connectivity index (χ2n) is 18.3. The number of nitrogens with two attached hydrogens (primary N) is 1. The Hall–Kier alpha value is -1.16. The summed E-state index contributed by atoms with van der Waals surface area (Å²) in [4.78, 5) is -0.232. The third-order valence-corrected chi connectivity index (χ3v) is 16.0. The second-order valence-corrected chi connectivity index (χ2v) is 22.6. The van der Waals surface area contributed by atoms with E-state index in [-0.39, 0.29) is 31.0 Å². The molecule has 0 heterocycles. The summed E-state index contributed by atoms with van der Waals surface area (Å²) < 4.78 is 56.1. The molecule has 0 saturated heterocycles. The van der Waals surface area contributed by atoms with Gasteiger partial charge in [-0.3, -0.25) is 0 Å². The first-order chi connectivity index (χ1) is 30.0. The van der Waals surface area contributed by atoms with Crippen LogP contribution in [-0.4, -0.2) is 34.2 Å². The standard InChI is InChI=1S/C52H90Cl2N2O4S2/c1-3-5-7-9-11-13-15-17-19-21-23-25-27-29-31-33-35-37-43-56(44-38-36-34-32-30-28-26-24-22-20-18-16-14-12-10-8-6-4-2)62(59,60)52-46-48(54)40-42-50(52)49-41-39-47(53)45-51(49)61(55,57)58/h39-42,45-46H,3-38,43-44H2,1-2H3,(H2,55,57,58). The summed E-state index contributed by atoms with van der Waals surface area (Å²) in [5.41, 5.74) is 0.434. The van der Waals surface area contributed by atoms with Crippen LogP contribution in [0.2, 0.25) is 10.0 Å². The topological polar surface area (TPSA) is 97.5 Å². The molecule has 2 rings (SSSR count). The van der Waals surface area contributed by atoms with Crippen molar-refractivity contribution < 1.29 is 16.8 Å². The van der Waals surface area contributed by atoms with Crippen LogP contribution in [0.25, 0.3) is 11.1 Å². The fourth-order valence-corrected chi connectivity index (χ4v) is 11.8. The molecule has 0 amide bonds. The molecule has 358 valence electrons. The molecule has 0 spiro atoms. The van der Waals surface area contributed by atoms with E-state index in [4.69, 9.17) is 28.3 Å². The van der Waals surface area contributed by atoms with Gasteiger partial charge in [0.15, 0.2) is 0 Å². The molecule has 0 aliphatic carbocycles. The van der Waals surface area contributed by atoms with E-state index in [0.717, 1.165) is 38.5 Å². The lowest BCUT2D eigenvalue weighted by atomic mass is 10.0. The number of benzene rings is 2. The van der Waals surface area contributed by atoms with E-state index in [1.807, 2.05) is 0 Å². The van der Waals surface area contributed by atoms with E-state index >= 15 is 0 Å². The van der Waals surface area contributed by atoms with Gasteiger partial charge in [-0.1, -0.05) is 267 Å². The molecule has 2 aromatic carbocycles. The molecule has 2 aromatic rings. The molecule has 0 bridgehead atoms. The van der Waals surface area contributed by atoms with E-state index in [1.165, 1.54) is 211 Å². The SMILES string of the molecule is CCCCCCCCCCCCCCCCCCCCN(CCCCCCCCCCCCCCCCCCCC)S(=O)(=O)c1cc(Cl)ccc1-c1ccc(Cl)cc1S(N)(=O)=O. The number of hydrogen-bond acceptors (Lipinski definition) is 4. The lowest BCUT2D eigenvalue weighted by molar-refractivity contribution is 0.383. The maximum Gasteiger partial charge on any atom is 0.243 e. The fraction of sp³-hybridized carbons (Fsp3) is 0.769. The smallest absolute Gasteiger partial charge is 0.225 e. The van der Waals surface area contributed by atoms with Gasteiger partial charge in [0.25, 0.3) is 0 Å². The molecule has 0 saturated carbocycles. The van der Waals surface area contributed by atoms with E-state index < -0.39 is 20.0 Å². The van der Waals surface area contributed by atoms with Crippen LogP contribution in [-0.2, 0) is 20.0 Å². The zero-order valence-electron chi connectivity index (χ0n) is 39.6. The number of nitrogens with zero attached hydrogens (tertiary/aromatic N) is 1. The number of hydrogen-bond donors (Lipinski definition) is 1. The summed E-state index contributed by atoms with van der Waals surface area (Å²) in [7, 11) is -8.24. The average molecular weight is 942 g/mol. The van der Waals surface area contributed by atoms with E-state index in [2.05, 4.69) is 13.8 Å². The van der Waals surface area contributed by atoms with Crippen molar-refractivity contribution in [2.75, 3.05) is 13.1 Å². The van der Waals surface area contributed by atoms with E-state index in [0.29, 0.717) is 13.1 Å². The summed E-state index contributed by atoms with van der Waals surface area (Å²) in [5.74, 6) is 0. The molecule has 6 nitrogen and oxygen atoms in total. The van der Waals surface area contributed by atoms with Crippen LogP contribution >= 0.6 is 23.2 Å². The molecule has 62 heavy (non-hydrogen) atoms. The van der Waals surface area contributed by atoms with Crippen molar-refractivity contribution in [1.82, 2.24) is 4.31 Å². The molecule has 0 unspecified atom stereocenters. The molecule has 0 atom stereocenters. The number of primary sulfonamides is 1. The number of sulfonamides is 2. The lowest BCUT2D eigenvalue weighted by Crippen LogP contribution is -2.33. The maximum absolute atomic E-state index is 14.6. The van der Waals surface area contributed by atoms with Crippen LogP contribution in [0.4, 0.5) is 0 Å². The minimum Gasteiger partial charge on any atom is -0.225 e. The van der Waals surface area contributed by atoms with Gasteiger partial charge in [-0.05, 0) is 37.1 Å². The van der Waals surface area contributed by atoms with E-state index in [9.17, 15) is 16.8 Å². The predicted octanol–water partition coefficient (Wildman–Crippen LogP) is 17.4. The number of halogens is 2. The third-order valence-electron chi connectivity index (χ3n) is 12.6. The highest BCUT2D eigenvalue weighted by molar-refractivity contribution is 7.89. The Morgan fingerprint density at radius 1 is 0.387 bits per heavy atom. The first-order valence-corrected chi connectivity index (χ1v) is 29.4. The Balaban J connectivity index is 1.85. The summed E-state index contributed by atoms with van der Waals surface area (Å²) in [6, 6.07) is 8.92. The molecule has 0 aromatic heterocycles. The van der Waals surface area contributed by atoms with Crippen molar-refractivity contribution >= 4 is 43.2 Å². The van der Waals surface area contributed by atoms with Crippen LogP contribution in [0.1, 0.15) is 245 Å². The first kappa shape index (κ1) is 57.0. The zero-order chi connectivity index (χ0) is 45.2. The fourth-order valence-electron chi connectivity index (χ4n) is 8.76. The Bertz CT molecular complexity index is 1600. The van der Waals surface area contributed by atoms with Gasteiger partial charge in [-0.2, -0.15) is 4.31 Å². The molecular weight excluding hydrogens is 852 g/mol. The van der Waals surface area contributed by atoms with Gasteiger partial charge in [0.05, 0.1) is 9.79 Å². The van der Waals surface area contributed by atoms with Crippen molar-refractivity contribution in [3.8, 4) is 11.1 Å². The molecule has 10 heteroatoms. The molecule has 0 radical (unpaired) electrons. The van der Waals surface area contributed by atoms with Crippen molar-refractivity contribution in [2.45, 2.75) is 255 Å². The minimum atomic E-state index is -4.20. The Morgan fingerprint density at radius 3 is 0.903 bits per heavy atom. The Morgan fingerprint density at radius 2 is 0.629 bits per heavy atom. The first-order valence-electron chi connectivity index (χ1n) is 25.6. The highest BCUT2D eigenvalue weighted by Gasteiger charge is 2.29. The largest absolute Gasteiger partial charge is 0.243 e. The van der Waals surface area contributed by atoms with Crippen molar-refractivity contribution in [3.63, 3.8) is 0 Å². The summed E-state index contributed by atoms with van der Waals surface area (Å²) in [6.07, 6.45) is 46.0. The van der Waals surface area contributed by atoms with Crippen LogP contribution in [0, 0.1) is 0 Å². The highest BCUT2D eigenvalue weighted by Crippen LogP contribution is 2.37. The zero-order valence-corrected chi connectivity index (χ0v) is 42.7. The second kappa shape index (κ2) is 36.0. The minimum absolute atomic E-state index is 0.0120. The van der Waals surface area contributed by atoms with Crippen molar-refractivity contribution in [2.24, 2.45) is 5.14 Å². The average Bonchev–Trinajstić information content (AvgIpc) is 3.24. The molecule has 0 fully saturated rings. The van der Waals surface area contributed by atoms with Gasteiger partial charge in [-0.15, -0.1) is 0 Å². The van der Waals surface area contributed by atoms with Gasteiger partial charge in [0.2, 0.25) is 20.0 Å². The van der Waals surface area contributed by atoms with Crippen LogP contribution in [0.3, 0.4) is 0 Å². The van der Waals surface area contributed by atoms with Gasteiger partial charge in [0.1, 0.15) is 0 Å². The summed E-state index contributed by atoms with van der Waals surface area (Å²) in [6.45, 7) is 5.37. The van der Waals surface area contributed by atoms with E-state index in [1.54, 1.807) is 22.5 Å². The van der Waals surface area contributed by atoms with Crippen molar-refractivity contribution in [1.29, 1.82) is 0 Å². The van der Waals surface area contributed by atoms with Crippen LogP contribution in [0.5, 0.6) is 0 Å². The van der Waals surface area contributed by atoms with Gasteiger partial charge in [0, 0.05) is 34.3 Å². The van der Waals surface area contributed by atoms with Gasteiger partial charge < -0.3 is 0 Å². The quantitative estimate of drug-likeness (QED) is 0.0671. The Kier molecular flexibility index (Phi) is 33.1. The summed E-state index contributed by atoms with van der Waals surface area (Å²) >= 11 is 12.6. The summed E-state index contributed by atoms with van der Waals surface area (Å²) in [5, 5.41) is 6.06. The van der Waals surface area contributed by atoms with Crippen molar-refractivity contribution in [3.05, 3.63) is 46.4 Å². The van der Waals surface area contributed by atoms with Crippen LogP contribution < -0.4 is 5.14 Å². The normalized spacial score (nSPS) is 12.2. The lowest BCUT2D eigenvalue weighted by Gasteiger charge is -2.24.